The van der Waals surface area contributed by atoms with Crippen LogP contribution in [-0.4, -0.2) is 16.4 Å². The van der Waals surface area contributed by atoms with E-state index < -0.39 is 6.61 Å². The van der Waals surface area contributed by atoms with Crippen molar-refractivity contribution in [3.8, 4) is 5.75 Å². The van der Waals surface area contributed by atoms with Crippen LogP contribution in [0.1, 0.15) is 5.69 Å². The number of benzene rings is 1. The lowest BCUT2D eigenvalue weighted by Crippen LogP contribution is -2.01. The summed E-state index contributed by atoms with van der Waals surface area (Å²) in [4.78, 5) is 0. The molecule has 0 aliphatic carbocycles. The van der Waals surface area contributed by atoms with Gasteiger partial charge in [0.15, 0.2) is 0 Å². The average molecular weight is 212 g/mol. The van der Waals surface area contributed by atoms with Crippen molar-refractivity contribution in [1.29, 1.82) is 0 Å². The highest BCUT2D eigenvalue weighted by Gasteiger charge is 2.08. The van der Waals surface area contributed by atoms with E-state index in [0.29, 0.717) is 0 Å². The molecular formula is C10H10F2N2O. The van der Waals surface area contributed by atoms with Gasteiger partial charge in [-0.05, 0) is 25.1 Å². The molecule has 15 heavy (non-hydrogen) atoms. The van der Waals surface area contributed by atoms with Crippen molar-refractivity contribution in [2.45, 2.75) is 13.5 Å². The Morgan fingerprint density at radius 2 is 2.13 bits per heavy atom. The first-order valence-corrected chi connectivity index (χ1v) is 4.46. The number of aryl methyl sites for hydroxylation is 2. The third kappa shape index (κ3) is 1.77. The summed E-state index contributed by atoms with van der Waals surface area (Å²) in [7, 11) is 1.81. The first-order chi connectivity index (χ1) is 7.08. The smallest absolute Gasteiger partial charge is 0.387 e. The van der Waals surface area contributed by atoms with Crippen LogP contribution in [0.25, 0.3) is 10.9 Å². The largest absolute Gasteiger partial charge is 0.435 e. The van der Waals surface area contributed by atoms with Crippen molar-refractivity contribution in [2.75, 3.05) is 0 Å². The van der Waals surface area contributed by atoms with Gasteiger partial charge in [0.1, 0.15) is 5.75 Å². The third-order valence-electron chi connectivity index (χ3n) is 2.23. The summed E-state index contributed by atoms with van der Waals surface area (Å²) in [5, 5.41) is 5.01. The Labute approximate surface area is 85.3 Å². The fourth-order valence-electron chi connectivity index (χ4n) is 1.60. The monoisotopic (exact) mass is 212 g/mol. The molecule has 80 valence electrons. The molecule has 0 radical (unpaired) electrons. The Morgan fingerprint density at radius 1 is 1.40 bits per heavy atom. The van der Waals surface area contributed by atoms with Crippen LogP contribution in [0.4, 0.5) is 8.78 Å². The van der Waals surface area contributed by atoms with Gasteiger partial charge in [-0.25, -0.2) is 0 Å². The molecule has 0 N–H and O–H groups in total. The standard InChI is InChI=1S/C10H10F2N2O/c1-6-8-5-7(15-10(11)12)3-4-9(8)14(2)13-6/h3-5,10H,1-2H3. The van der Waals surface area contributed by atoms with E-state index in [1.54, 1.807) is 16.8 Å². The molecule has 1 aromatic heterocycles. The molecule has 5 heteroatoms. The van der Waals surface area contributed by atoms with E-state index in [4.69, 9.17) is 0 Å². The summed E-state index contributed by atoms with van der Waals surface area (Å²) in [6.07, 6.45) is 0. The molecule has 0 bridgehead atoms. The van der Waals surface area contributed by atoms with Crippen LogP contribution in [0.15, 0.2) is 18.2 Å². The first-order valence-electron chi connectivity index (χ1n) is 4.46. The maximum atomic E-state index is 12.0. The predicted molar refractivity (Wildman–Crippen MR) is 52.1 cm³/mol. The maximum Gasteiger partial charge on any atom is 0.387 e. The van der Waals surface area contributed by atoms with E-state index in [2.05, 4.69) is 9.84 Å². The Hall–Kier alpha value is -1.65. The number of ether oxygens (including phenoxy) is 1. The van der Waals surface area contributed by atoms with E-state index in [0.717, 1.165) is 16.6 Å². The van der Waals surface area contributed by atoms with E-state index in [1.807, 2.05) is 14.0 Å². The van der Waals surface area contributed by atoms with Crippen LogP contribution in [0.5, 0.6) is 5.75 Å². The van der Waals surface area contributed by atoms with E-state index in [-0.39, 0.29) is 5.75 Å². The van der Waals surface area contributed by atoms with Crippen LogP contribution >= 0.6 is 0 Å². The molecule has 3 nitrogen and oxygen atoms in total. The summed E-state index contributed by atoms with van der Waals surface area (Å²) in [5.74, 6) is 0.161. The van der Waals surface area contributed by atoms with Crippen LogP contribution in [0.2, 0.25) is 0 Å². The normalized spacial score (nSPS) is 11.3. The zero-order chi connectivity index (χ0) is 11.0. The van der Waals surface area contributed by atoms with Gasteiger partial charge in [0, 0.05) is 12.4 Å². The lowest BCUT2D eigenvalue weighted by molar-refractivity contribution is -0.0497. The highest BCUT2D eigenvalue weighted by molar-refractivity contribution is 5.83. The number of alkyl halides is 2. The molecule has 1 aromatic carbocycles. The van der Waals surface area contributed by atoms with Gasteiger partial charge >= 0.3 is 6.61 Å². The molecule has 0 amide bonds. The van der Waals surface area contributed by atoms with Crippen molar-refractivity contribution in [2.24, 2.45) is 7.05 Å². The molecule has 0 atom stereocenters. The van der Waals surface area contributed by atoms with Gasteiger partial charge < -0.3 is 4.74 Å². The summed E-state index contributed by atoms with van der Waals surface area (Å²) < 4.78 is 30.0. The van der Waals surface area contributed by atoms with Crippen molar-refractivity contribution >= 4 is 10.9 Å². The number of fused-ring (bicyclic) bond motifs is 1. The number of hydrogen-bond donors (Lipinski definition) is 0. The third-order valence-corrected chi connectivity index (χ3v) is 2.23. The van der Waals surface area contributed by atoms with Gasteiger partial charge in [-0.2, -0.15) is 13.9 Å². The fourth-order valence-corrected chi connectivity index (χ4v) is 1.60. The number of hydrogen-bond acceptors (Lipinski definition) is 2. The molecule has 0 aliphatic heterocycles. The Morgan fingerprint density at radius 3 is 2.80 bits per heavy atom. The van der Waals surface area contributed by atoms with Gasteiger partial charge in [0.05, 0.1) is 11.2 Å². The predicted octanol–water partition coefficient (Wildman–Crippen LogP) is 2.48. The van der Waals surface area contributed by atoms with E-state index in [1.165, 1.54) is 6.07 Å². The van der Waals surface area contributed by atoms with Gasteiger partial charge in [-0.15, -0.1) is 0 Å². The minimum atomic E-state index is -2.79. The molecule has 0 aliphatic rings. The molecular weight excluding hydrogens is 202 g/mol. The molecule has 2 rings (SSSR count). The maximum absolute atomic E-state index is 12.0. The Balaban J connectivity index is 2.50. The Kier molecular flexibility index (Phi) is 2.30. The van der Waals surface area contributed by atoms with Gasteiger partial charge in [-0.1, -0.05) is 0 Å². The molecule has 0 fully saturated rings. The van der Waals surface area contributed by atoms with Crippen molar-refractivity contribution < 1.29 is 13.5 Å². The second-order valence-corrected chi connectivity index (χ2v) is 3.27. The van der Waals surface area contributed by atoms with Crippen molar-refractivity contribution in [1.82, 2.24) is 9.78 Å². The minimum Gasteiger partial charge on any atom is -0.435 e. The van der Waals surface area contributed by atoms with Crippen LogP contribution < -0.4 is 4.74 Å². The van der Waals surface area contributed by atoms with Crippen LogP contribution in [-0.2, 0) is 7.05 Å². The zero-order valence-corrected chi connectivity index (χ0v) is 8.37. The van der Waals surface area contributed by atoms with Crippen LogP contribution in [0, 0.1) is 6.92 Å². The summed E-state index contributed by atoms with van der Waals surface area (Å²) in [6.45, 7) is -0.964. The number of halogens is 2. The molecule has 0 unspecified atom stereocenters. The highest BCUT2D eigenvalue weighted by atomic mass is 19.3. The topological polar surface area (TPSA) is 27.1 Å². The number of nitrogens with zero attached hydrogens (tertiary/aromatic N) is 2. The molecule has 2 aromatic rings. The quantitative estimate of drug-likeness (QED) is 0.764. The average Bonchev–Trinajstić information content (AvgIpc) is 2.41. The first kappa shape index (κ1) is 9.89. The van der Waals surface area contributed by atoms with Gasteiger partial charge in [0.25, 0.3) is 0 Å². The summed E-state index contributed by atoms with van der Waals surface area (Å²) >= 11 is 0. The van der Waals surface area contributed by atoms with E-state index in [9.17, 15) is 8.78 Å². The fraction of sp³-hybridized carbons (Fsp3) is 0.300. The van der Waals surface area contributed by atoms with E-state index >= 15 is 0 Å². The summed E-state index contributed by atoms with van der Waals surface area (Å²) in [6, 6.07) is 4.80. The van der Waals surface area contributed by atoms with Gasteiger partial charge in [0.2, 0.25) is 0 Å². The minimum absolute atomic E-state index is 0.161. The number of aromatic nitrogens is 2. The molecule has 0 saturated carbocycles. The lowest BCUT2D eigenvalue weighted by Gasteiger charge is -2.03. The molecule has 0 spiro atoms. The highest BCUT2D eigenvalue weighted by Crippen LogP contribution is 2.24. The summed E-state index contributed by atoms with van der Waals surface area (Å²) in [5.41, 5.74) is 1.70. The molecule has 0 saturated heterocycles. The number of rotatable bonds is 2. The SMILES string of the molecule is Cc1nn(C)c2ccc(OC(F)F)cc12. The lowest BCUT2D eigenvalue weighted by atomic mass is 10.2. The van der Waals surface area contributed by atoms with Crippen molar-refractivity contribution in [3.05, 3.63) is 23.9 Å². The Bertz CT molecular complexity index is 493. The van der Waals surface area contributed by atoms with Crippen LogP contribution in [0.3, 0.4) is 0 Å². The second kappa shape index (κ2) is 3.49. The van der Waals surface area contributed by atoms with Crippen molar-refractivity contribution in [3.63, 3.8) is 0 Å². The second-order valence-electron chi connectivity index (χ2n) is 3.27. The van der Waals surface area contributed by atoms with Gasteiger partial charge in [-0.3, -0.25) is 4.68 Å². The zero-order valence-electron chi connectivity index (χ0n) is 8.37. The molecule has 1 heterocycles.